The van der Waals surface area contributed by atoms with Gasteiger partial charge in [0.2, 0.25) is 6.10 Å². The van der Waals surface area contributed by atoms with Crippen LogP contribution in [-0.4, -0.2) is 43.7 Å². The molecule has 2 amide bonds. The number of carbonyl (C=O) groups is 2. The molecule has 0 aliphatic carbocycles. The summed E-state index contributed by atoms with van der Waals surface area (Å²) < 4.78 is 17.4. The van der Waals surface area contributed by atoms with Gasteiger partial charge in [-0.1, -0.05) is 31.2 Å². The van der Waals surface area contributed by atoms with Gasteiger partial charge in [0.25, 0.3) is 11.8 Å². The van der Waals surface area contributed by atoms with E-state index in [0.29, 0.717) is 29.5 Å². The summed E-state index contributed by atoms with van der Waals surface area (Å²) in [6.45, 7) is 2.77. The lowest BCUT2D eigenvalue weighted by molar-refractivity contribution is -0.130. The van der Waals surface area contributed by atoms with Gasteiger partial charge in [0, 0.05) is 6.54 Å². The molecule has 0 bridgehead atoms. The minimum atomic E-state index is -0.791. The molecule has 0 unspecified atom stereocenters. The Hall–Kier alpha value is -3.22. The molecule has 2 atom stereocenters. The third-order valence-electron chi connectivity index (χ3n) is 4.67. The first-order valence-corrected chi connectivity index (χ1v) is 9.40. The van der Waals surface area contributed by atoms with Crippen LogP contribution in [0.5, 0.6) is 17.2 Å². The second kappa shape index (κ2) is 7.80. The van der Waals surface area contributed by atoms with E-state index in [1.165, 1.54) is 0 Å². The monoisotopic (exact) mass is 382 g/mol. The van der Waals surface area contributed by atoms with E-state index in [2.05, 4.69) is 5.32 Å². The second-order valence-electron chi connectivity index (χ2n) is 6.68. The molecule has 1 N–H and O–H groups in total. The summed E-state index contributed by atoms with van der Waals surface area (Å²) in [5, 5.41) is 2.83. The Morgan fingerprint density at radius 2 is 1.68 bits per heavy atom. The van der Waals surface area contributed by atoms with Crippen molar-refractivity contribution in [3.8, 4) is 17.2 Å². The maximum Gasteiger partial charge on any atom is 0.271 e. The fourth-order valence-electron chi connectivity index (χ4n) is 3.26. The van der Waals surface area contributed by atoms with Crippen LogP contribution in [0.25, 0.3) is 0 Å². The summed E-state index contributed by atoms with van der Waals surface area (Å²) in [5.41, 5.74) is 0.620. The molecular weight excluding hydrogens is 360 g/mol. The topological polar surface area (TPSA) is 77.1 Å². The van der Waals surface area contributed by atoms with Gasteiger partial charge < -0.3 is 24.4 Å². The first kappa shape index (κ1) is 18.2. The number of rotatable bonds is 4. The van der Waals surface area contributed by atoms with Crippen molar-refractivity contribution < 1.29 is 23.8 Å². The standard InChI is InChI=1S/C21H22N2O5/c1-2-11-22-20(24)18-12-23(14-7-3-4-8-15(14)27-18)21(25)19-13-26-16-9-5-6-10-17(16)28-19/h3-10,18-19H,2,11-13H2,1H3,(H,22,24)/t18-,19-/m1/s1. The molecule has 7 nitrogen and oxygen atoms in total. The third-order valence-corrected chi connectivity index (χ3v) is 4.67. The van der Waals surface area contributed by atoms with Crippen LogP contribution in [0.3, 0.4) is 0 Å². The van der Waals surface area contributed by atoms with Crippen molar-refractivity contribution in [1.29, 1.82) is 0 Å². The lowest BCUT2D eigenvalue weighted by Gasteiger charge is -2.36. The number of amides is 2. The number of hydrogen-bond donors (Lipinski definition) is 1. The zero-order valence-corrected chi connectivity index (χ0v) is 15.6. The van der Waals surface area contributed by atoms with Crippen molar-refractivity contribution in [1.82, 2.24) is 5.32 Å². The summed E-state index contributed by atoms with van der Waals surface area (Å²) in [6, 6.07) is 14.4. The van der Waals surface area contributed by atoms with E-state index in [-0.39, 0.29) is 25.0 Å². The smallest absolute Gasteiger partial charge is 0.271 e. The molecule has 0 radical (unpaired) electrons. The number of benzene rings is 2. The number of fused-ring (bicyclic) bond motifs is 2. The van der Waals surface area contributed by atoms with E-state index >= 15 is 0 Å². The second-order valence-corrected chi connectivity index (χ2v) is 6.68. The molecule has 0 spiro atoms. The highest BCUT2D eigenvalue weighted by molar-refractivity contribution is 6.00. The molecule has 4 rings (SSSR count). The molecule has 2 aliphatic heterocycles. The fourth-order valence-corrected chi connectivity index (χ4v) is 3.26. The molecular formula is C21H22N2O5. The Labute approximate surface area is 163 Å². The molecule has 0 saturated heterocycles. The van der Waals surface area contributed by atoms with Gasteiger partial charge in [0.15, 0.2) is 17.6 Å². The van der Waals surface area contributed by atoms with Crippen LogP contribution >= 0.6 is 0 Å². The molecule has 2 aromatic rings. The predicted octanol–water partition coefficient (Wildman–Crippen LogP) is 2.15. The van der Waals surface area contributed by atoms with Gasteiger partial charge in [-0.25, -0.2) is 0 Å². The number of ether oxygens (including phenoxy) is 3. The normalized spacial score (nSPS) is 20.0. The first-order chi connectivity index (χ1) is 13.7. The molecule has 0 saturated carbocycles. The van der Waals surface area contributed by atoms with E-state index in [9.17, 15) is 9.59 Å². The molecule has 0 fully saturated rings. The van der Waals surface area contributed by atoms with Gasteiger partial charge in [-0.05, 0) is 30.7 Å². The highest BCUT2D eigenvalue weighted by Gasteiger charge is 2.38. The molecule has 146 valence electrons. The SMILES string of the molecule is CCCNC(=O)[C@H]1CN(C(=O)[C@H]2COc3ccccc3O2)c2ccccc2O1. The van der Waals surface area contributed by atoms with Crippen LogP contribution in [0.15, 0.2) is 48.5 Å². The van der Waals surface area contributed by atoms with Crippen LogP contribution in [0.1, 0.15) is 13.3 Å². The van der Waals surface area contributed by atoms with Crippen LogP contribution in [0.2, 0.25) is 0 Å². The summed E-state index contributed by atoms with van der Waals surface area (Å²) >= 11 is 0. The highest BCUT2D eigenvalue weighted by atomic mass is 16.6. The number of para-hydroxylation sites is 4. The van der Waals surface area contributed by atoms with Crippen molar-refractivity contribution in [3.63, 3.8) is 0 Å². The van der Waals surface area contributed by atoms with Crippen molar-refractivity contribution in [3.05, 3.63) is 48.5 Å². The Bertz CT molecular complexity index is 885. The minimum Gasteiger partial charge on any atom is -0.485 e. The van der Waals surface area contributed by atoms with E-state index < -0.39 is 12.2 Å². The van der Waals surface area contributed by atoms with Crippen molar-refractivity contribution in [2.24, 2.45) is 0 Å². The number of anilines is 1. The Balaban J connectivity index is 1.57. The molecule has 2 aromatic carbocycles. The zero-order chi connectivity index (χ0) is 19.5. The number of nitrogens with zero attached hydrogens (tertiary/aromatic N) is 1. The van der Waals surface area contributed by atoms with E-state index in [1.54, 1.807) is 29.2 Å². The van der Waals surface area contributed by atoms with Crippen molar-refractivity contribution >= 4 is 17.5 Å². The molecule has 28 heavy (non-hydrogen) atoms. The quantitative estimate of drug-likeness (QED) is 0.877. The van der Waals surface area contributed by atoms with Crippen LogP contribution in [0, 0.1) is 0 Å². The molecule has 2 aliphatic rings. The number of carbonyl (C=O) groups excluding carboxylic acids is 2. The van der Waals surface area contributed by atoms with E-state index in [4.69, 9.17) is 14.2 Å². The molecule has 0 aromatic heterocycles. The van der Waals surface area contributed by atoms with Crippen molar-refractivity contribution in [2.75, 3.05) is 24.6 Å². The zero-order valence-electron chi connectivity index (χ0n) is 15.6. The van der Waals surface area contributed by atoms with Gasteiger partial charge in [0.1, 0.15) is 12.4 Å². The summed E-state index contributed by atoms with van der Waals surface area (Å²) in [5.74, 6) is 1.14. The largest absolute Gasteiger partial charge is 0.485 e. The minimum absolute atomic E-state index is 0.113. The van der Waals surface area contributed by atoms with Crippen LogP contribution in [-0.2, 0) is 9.59 Å². The first-order valence-electron chi connectivity index (χ1n) is 9.40. The molecule has 7 heteroatoms. The van der Waals surface area contributed by atoms with E-state index in [1.807, 2.05) is 31.2 Å². The molecule has 2 heterocycles. The van der Waals surface area contributed by atoms with Crippen LogP contribution in [0.4, 0.5) is 5.69 Å². The average Bonchev–Trinajstić information content (AvgIpc) is 2.75. The Morgan fingerprint density at radius 1 is 1.00 bits per heavy atom. The number of hydrogen-bond acceptors (Lipinski definition) is 5. The predicted molar refractivity (Wildman–Crippen MR) is 103 cm³/mol. The summed E-state index contributed by atoms with van der Waals surface area (Å²) in [6.07, 6.45) is -0.743. The van der Waals surface area contributed by atoms with E-state index in [0.717, 1.165) is 6.42 Å². The Kier molecular flexibility index (Phi) is 5.06. The van der Waals surface area contributed by atoms with Gasteiger partial charge in [-0.15, -0.1) is 0 Å². The van der Waals surface area contributed by atoms with Gasteiger partial charge in [-0.3, -0.25) is 9.59 Å². The summed E-state index contributed by atoms with van der Waals surface area (Å²) in [7, 11) is 0. The third kappa shape index (κ3) is 3.47. The lowest BCUT2D eigenvalue weighted by Crippen LogP contribution is -2.55. The lowest BCUT2D eigenvalue weighted by atomic mass is 10.1. The van der Waals surface area contributed by atoms with Crippen LogP contribution < -0.4 is 24.4 Å². The Morgan fingerprint density at radius 3 is 2.46 bits per heavy atom. The maximum absolute atomic E-state index is 13.2. The fraction of sp³-hybridized carbons (Fsp3) is 0.333. The average molecular weight is 382 g/mol. The summed E-state index contributed by atoms with van der Waals surface area (Å²) in [4.78, 5) is 27.2. The number of nitrogens with one attached hydrogen (secondary N) is 1. The van der Waals surface area contributed by atoms with Gasteiger partial charge in [-0.2, -0.15) is 0 Å². The maximum atomic E-state index is 13.2. The van der Waals surface area contributed by atoms with Gasteiger partial charge >= 0.3 is 0 Å². The van der Waals surface area contributed by atoms with Crippen molar-refractivity contribution in [2.45, 2.75) is 25.6 Å². The van der Waals surface area contributed by atoms with Gasteiger partial charge in [0.05, 0.1) is 12.2 Å². The highest BCUT2D eigenvalue weighted by Crippen LogP contribution is 2.36.